The Morgan fingerprint density at radius 3 is 2.81 bits per heavy atom. The number of para-hydroxylation sites is 1. The molecule has 3 rings (SSSR count). The van der Waals surface area contributed by atoms with Crippen molar-refractivity contribution in [2.24, 2.45) is 0 Å². The zero-order chi connectivity index (χ0) is 14.8. The molecule has 0 radical (unpaired) electrons. The lowest BCUT2D eigenvalue weighted by Crippen LogP contribution is -2.20. The first-order valence-electron chi connectivity index (χ1n) is 6.40. The van der Waals surface area contributed by atoms with Crippen molar-refractivity contribution in [1.82, 2.24) is 0 Å². The molecule has 108 valence electrons. The van der Waals surface area contributed by atoms with Crippen LogP contribution in [-0.2, 0) is 0 Å². The average Bonchev–Trinajstić information content (AvgIpc) is 2.49. The molecule has 2 aromatic rings. The van der Waals surface area contributed by atoms with Gasteiger partial charge in [0.05, 0.1) is 16.9 Å². The Hall–Kier alpha value is -2.21. The van der Waals surface area contributed by atoms with Gasteiger partial charge in [-0.2, -0.15) is 0 Å². The van der Waals surface area contributed by atoms with Crippen LogP contribution in [0.25, 0.3) is 0 Å². The second-order valence-corrected chi connectivity index (χ2v) is 5.43. The number of rotatable bonds is 2. The molecule has 3 N–H and O–H groups in total. The predicted octanol–water partition coefficient (Wildman–Crippen LogP) is 3.05. The van der Waals surface area contributed by atoms with E-state index >= 15 is 0 Å². The van der Waals surface area contributed by atoms with Crippen LogP contribution in [0.15, 0.2) is 40.9 Å². The van der Waals surface area contributed by atoms with Crippen molar-refractivity contribution in [2.45, 2.75) is 0 Å². The molecule has 0 aromatic heterocycles. The molecule has 21 heavy (non-hydrogen) atoms. The maximum atomic E-state index is 12.4. The van der Waals surface area contributed by atoms with Gasteiger partial charge in [-0.1, -0.05) is 22.0 Å². The van der Waals surface area contributed by atoms with Crippen LogP contribution in [0.1, 0.15) is 10.4 Å². The summed E-state index contributed by atoms with van der Waals surface area (Å²) in [5, 5.41) is 2.78. The summed E-state index contributed by atoms with van der Waals surface area (Å²) < 4.78 is 11.9. The van der Waals surface area contributed by atoms with Gasteiger partial charge < -0.3 is 20.5 Å². The number of amides is 1. The van der Waals surface area contributed by atoms with Gasteiger partial charge in [0, 0.05) is 4.47 Å². The second-order valence-electron chi connectivity index (χ2n) is 4.52. The summed E-state index contributed by atoms with van der Waals surface area (Å²) in [5.74, 6) is 0.765. The van der Waals surface area contributed by atoms with E-state index in [0.29, 0.717) is 41.7 Å². The fourth-order valence-electron chi connectivity index (χ4n) is 2.09. The molecule has 0 fully saturated rings. The highest BCUT2D eigenvalue weighted by molar-refractivity contribution is 9.10. The highest BCUT2D eigenvalue weighted by Gasteiger charge is 2.20. The van der Waals surface area contributed by atoms with E-state index in [2.05, 4.69) is 21.2 Å². The molecule has 6 heteroatoms. The van der Waals surface area contributed by atoms with Crippen LogP contribution in [0.5, 0.6) is 11.5 Å². The number of anilines is 2. The standard InChI is InChI=1S/C15H13BrN2O3/c16-9-4-5-12(11(17)8-9)18-15(19)10-2-1-3-13-14(10)21-7-6-20-13/h1-5,8H,6-7,17H2,(H,18,19). The van der Waals surface area contributed by atoms with Crippen LogP contribution in [0.3, 0.4) is 0 Å². The Bertz CT molecular complexity index is 703. The third-order valence-corrected chi connectivity index (χ3v) is 3.57. The van der Waals surface area contributed by atoms with Crippen molar-refractivity contribution in [1.29, 1.82) is 0 Å². The fraction of sp³-hybridized carbons (Fsp3) is 0.133. The van der Waals surface area contributed by atoms with Gasteiger partial charge in [0.1, 0.15) is 13.2 Å². The van der Waals surface area contributed by atoms with Crippen molar-refractivity contribution in [2.75, 3.05) is 24.3 Å². The van der Waals surface area contributed by atoms with Crippen molar-refractivity contribution >= 4 is 33.2 Å². The molecular weight excluding hydrogens is 336 g/mol. The van der Waals surface area contributed by atoms with Gasteiger partial charge in [0.25, 0.3) is 5.91 Å². The summed E-state index contributed by atoms with van der Waals surface area (Å²) >= 11 is 3.33. The van der Waals surface area contributed by atoms with Gasteiger partial charge in [-0.25, -0.2) is 0 Å². The number of carbonyl (C=O) groups excluding carboxylic acids is 1. The number of nitrogens with two attached hydrogens (primary N) is 1. The molecule has 1 heterocycles. The summed E-state index contributed by atoms with van der Waals surface area (Å²) in [5.41, 5.74) is 7.35. The fourth-order valence-corrected chi connectivity index (χ4v) is 2.47. The van der Waals surface area contributed by atoms with E-state index < -0.39 is 0 Å². The van der Waals surface area contributed by atoms with Crippen LogP contribution >= 0.6 is 15.9 Å². The van der Waals surface area contributed by atoms with Crippen molar-refractivity contribution in [3.8, 4) is 11.5 Å². The Labute approximate surface area is 130 Å². The van der Waals surface area contributed by atoms with E-state index in [1.807, 2.05) is 6.07 Å². The third kappa shape index (κ3) is 2.80. The summed E-state index contributed by atoms with van der Waals surface area (Å²) in [6.07, 6.45) is 0. The summed E-state index contributed by atoms with van der Waals surface area (Å²) in [4.78, 5) is 12.4. The molecule has 5 nitrogen and oxygen atoms in total. The zero-order valence-electron chi connectivity index (χ0n) is 11.1. The highest BCUT2D eigenvalue weighted by atomic mass is 79.9. The number of carbonyl (C=O) groups is 1. The number of hydrogen-bond acceptors (Lipinski definition) is 4. The molecule has 1 aliphatic heterocycles. The zero-order valence-corrected chi connectivity index (χ0v) is 12.6. The van der Waals surface area contributed by atoms with Crippen molar-refractivity contribution in [3.63, 3.8) is 0 Å². The van der Waals surface area contributed by atoms with E-state index in [1.54, 1.807) is 30.3 Å². The lowest BCUT2D eigenvalue weighted by atomic mass is 10.1. The quantitative estimate of drug-likeness (QED) is 0.818. The maximum Gasteiger partial charge on any atom is 0.259 e. The molecule has 0 saturated heterocycles. The minimum absolute atomic E-state index is 0.286. The molecular formula is C15H13BrN2O3. The van der Waals surface area contributed by atoms with Gasteiger partial charge >= 0.3 is 0 Å². The first-order valence-corrected chi connectivity index (χ1v) is 7.19. The molecule has 1 aliphatic rings. The second kappa shape index (κ2) is 5.65. The first kappa shape index (κ1) is 13.8. The largest absolute Gasteiger partial charge is 0.486 e. The van der Waals surface area contributed by atoms with Crippen LogP contribution in [-0.4, -0.2) is 19.1 Å². The van der Waals surface area contributed by atoms with Crippen LogP contribution in [0.2, 0.25) is 0 Å². The van der Waals surface area contributed by atoms with Crippen LogP contribution in [0.4, 0.5) is 11.4 Å². The van der Waals surface area contributed by atoms with E-state index in [-0.39, 0.29) is 5.91 Å². The van der Waals surface area contributed by atoms with Crippen LogP contribution < -0.4 is 20.5 Å². The lowest BCUT2D eigenvalue weighted by Gasteiger charge is -2.20. The number of hydrogen-bond donors (Lipinski definition) is 2. The summed E-state index contributed by atoms with van der Waals surface area (Å²) in [6.45, 7) is 0.912. The summed E-state index contributed by atoms with van der Waals surface area (Å²) in [7, 11) is 0. The van der Waals surface area contributed by atoms with Crippen LogP contribution in [0, 0.1) is 0 Å². The van der Waals surface area contributed by atoms with Gasteiger partial charge in [-0.3, -0.25) is 4.79 Å². The normalized spacial score (nSPS) is 12.8. The van der Waals surface area contributed by atoms with E-state index in [1.165, 1.54) is 0 Å². The van der Waals surface area contributed by atoms with E-state index in [0.717, 1.165) is 4.47 Å². The Morgan fingerprint density at radius 2 is 2.00 bits per heavy atom. The molecule has 0 spiro atoms. The lowest BCUT2D eigenvalue weighted by molar-refractivity contribution is 0.101. The number of nitrogen functional groups attached to an aromatic ring is 1. The van der Waals surface area contributed by atoms with Crippen molar-refractivity contribution < 1.29 is 14.3 Å². The SMILES string of the molecule is Nc1cc(Br)ccc1NC(=O)c1cccc2c1OCCO2. The van der Waals surface area contributed by atoms with Gasteiger partial charge in [-0.15, -0.1) is 0 Å². The van der Waals surface area contributed by atoms with E-state index in [9.17, 15) is 4.79 Å². The average molecular weight is 349 g/mol. The van der Waals surface area contributed by atoms with Crippen molar-refractivity contribution in [3.05, 3.63) is 46.4 Å². The molecule has 2 aromatic carbocycles. The van der Waals surface area contributed by atoms with Gasteiger partial charge in [-0.05, 0) is 30.3 Å². The number of fused-ring (bicyclic) bond motifs is 1. The Kier molecular flexibility index (Phi) is 3.70. The number of nitrogens with one attached hydrogen (secondary N) is 1. The Morgan fingerprint density at radius 1 is 1.19 bits per heavy atom. The summed E-state index contributed by atoms with van der Waals surface area (Å²) in [6, 6.07) is 10.5. The number of halogens is 1. The molecule has 0 bridgehead atoms. The topological polar surface area (TPSA) is 73.6 Å². The van der Waals surface area contributed by atoms with Gasteiger partial charge in [0.2, 0.25) is 0 Å². The van der Waals surface area contributed by atoms with Gasteiger partial charge in [0.15, 0.2) is 11.5 Å². The minimum Gasteiger partial charge on any atom is -0.486 e. The third-order valence-electron chi connectivity index (χ3n) is 3.07. The Balaban J connectivity index is 1.89. The molecule has 1 amide bonds. The first-order chi connectivity index (χ1) is 10.1. The molecule has 0 saturated carbocycles. The predicted molar refractivity (Wildman–Crippen MR) is 83.9 cm³/mol. The monoisotopic (exact) mass is 348 g/mol. The minimum atomic E-state index is -0.286. The highest BCUT2D eigenvalue weighted by Crippen LogP contribution is 2.34. The molecule has 0 atom stereocenters. The molecule has 0 unspecified atom stereocenters. The smallest absolute Gasteiger partial charge is 0.259 e. The molecule has 0 aliphatic carbocycles. The van der Waals surface area contributed by atoms with E-state index in [4.69, 9.17) is 15.2 Å². The maximum absolute atomic E-state index is 12.4. The number of ether oxygens (including phenoxy) is 2. The number of benzene rings is 2.